The molecule has 0 aromatic carbocycles. The Morgan fingerprint density at radius 1 is 1.44 bits per heavy atom. The van der Waals surface area contributed by atoms with Crippen LogP contribution < -0.4 is 0 Å². The third-order valence-corrected chi connectivity index (χ3v) is 2.80. The lowest BCUT2D eigenvalue weighted by Gasteiger charge is -2.16. The largest absolute Gasteiger partial charge is 0.480 e. The fraction of sp³-hybridized carbons (Fsp3) is 0.818. The van der Waals surface area contributed by atoms with Crippen molar-refractivity contribution in [2.24, 2.45) is 0 Å². The number of hydrogen-bond donors (Lipinski definition) is 1. The highest BCUT2D eigenvalue weighted by Crippen LogP contribution is 2.22. The topological polar surface area (TPSA) is 66.8 Å². The van der Waals surface area contributed by atoms with Crippen LogP contribution in [0.4, 0.5) is 0 Å². The molecule has 1 aliphatic heterocycles. The van der Waals surface area contributed by atoms with E-state index in [-0.39, 0.29) is 24.7 Å². The van der Waals surface area contributed by atoms with E-state index in [0.29, 0.717) is 12.8 Å². The van der Waals surface area contributed by atoms with Crippen molar-refractivity contribution in [2.75, 3.05) is 13.6 Å². The maximum absolute atomic E-state index is 11.5. The van der Waals surface area contributed by atoms with Crippen molar-refractivity contribution >= 4 is 11.9 Å². The number of rotatable bonds is 5. The molecule has 5 nitrogen and oxygen atoms in total. The summed E-state index contributed by atoms with van der Waals surface area (Å²) in [4.78, 5) is 23.2. The average Bonchev–Trinajstić information content (AvgIpc) is 2.59. The number of carboxylic acid groups (broad SMARTS) is 1. The van der Waals surface area contributed by atoms with Crippen LogP contribution in [-0.2, 0) is 14.3 Å². The summed E-state index contributed by atoms with van der Waals surface area (Å²) in [5, 5.41) is 8.53. The molecule has 0 aromatic rings. The van der Waals surface area contributed by atoms with Crippen molar-refractivity contribution in [1.29, 1.82) is 0 Å². The monoisotopic (exact) mass is 229 g/mol. The minimum absolute atomic E-state index is 0.134. The molecule has 0 saturated carbocycles. The van der Waals surface area contributed by atoms with E-state index >= 15 is 0 Å². The lowest BCUT2D eigenvalue weighted by molar-refractivity contribution is -0.143. The zero-order chi connectivity index (χ0) is 12.1. The molecule has 1 aliphatic rings. The fourth-order valence-electron chi connectivity index (χ4n) is 1.86. The molecule has 5 heteroatoms. The van der Waals surface area contributed by atoms with Gasteiger partial charge in [-0.25, -0.2) is 0 Å². The number of likely N-dealkylation sites (N-methyl/N-ethyl adjacent to an activating group) is 1. The van der Waals surface area contributed by atoms with Gasteiger partial charge < -0.3 is 14.7 Å². The highest BCUT2D eigenvalue weighted by molar-refractivity contribution is 5.80. The summed E-state index contributed by atoms with van der Waals surface area (Å²) in [6, 6.07) is 0. The molecule has 0 aliphatic carbocycles. The number of carbonyl (C=O) groups excluding carboxylic acids is 1. The van der Waals surface area contributed by atoms with Gasteiger partial charge in [-0.15, -0.1) is 0 Å². The maximum atomic E-state index is 11.5. The van der Waals surface area contributed by atoms with Crippen LogP contribution in [0, 0.1) is 0 Å². The summed E-state index contributed by atoms with van der Waals surface area (Å²) < 4.78 is 5.59. The molecule has 0 spiro atoms. The summed E-state index contributed by atoms with van der Waals surface area (Å²) in [5.41, 5.74) is 0. The molecule has 1 saturated heterocycles. The normalized spacial score (nSPS) is 24.4. The lowest BCUT2D eigenvalue weighted by atomic mass is 10.1. The van der Waals surface area contributed by atoms with E-state index in [1.54, 1.807) is 0 Å². The Morgan fingerprint density at radius 2 is 2.12 bits per heavy atom. The van der Waals surface area contributed by atoms with E-state index in [9.17, 15) is 9.59 Å². The van der Waals surface area contributed by atoms with Gasteiger partial charge in [-0.2, -0.15) is 0 Å². The molecule has 92 valence electrons. The predicted molar refractivity (Wildman–Crippen MR) is 58.1 cm³/mol. The minimum atomic E-state index is -0.985. The summed E-state index contributed by atoms with van der Waals surface area (Å²) in [6.45, 7) is 1.79. The number of aliphatic carboxylic acids is 1. The Morgan fingerprint density at radius 3 is 2.62 bits per heavy atom. The standard InChI is InChI=1S/C11H19NO4/c1-8-3-4-9(16-8)5-6-10(13)12(2)7-11(14)15/h8-9H,3-7H2,1-2H3,(H,14,15). The molecular weight excluding hydrogens is 210 g/mol. The molecule has 2 unspecified atom stereocenters. The third kappa shape index (κ3) is 4.18. The van der Waals surface area contributed by atoms with Crippen molar-refractivity contribution in [2.45, 2.75) is 44.8 Å². The van der Waals surface area contributed by atoms with Crippen molar-refractivity contribution < 1.29 is 19.4 Å². The zero-order valence-electron chi connectivity index (χ0n) is 9.81. The number of hydrogen-bond acceptors (Lipinski definition) is 3. The van der Waals surface area contributed by atoms with Gasteiger partial charge in [-0.3, -0.25) is 9.59 Å². The first-order valence-corrected chi connectivity index (χ1v) is 5.60. The van der Waals surface area contributed by atoms with Gasteiger partial charge in [-0.1, -0.05) is 0 Å². The van der Waals surface area contributed by atoms with Crippen LogP contribution in [0.5, 0.6) is 0 Å². The van der Waals surface area contributed by atoms with Crippen molar-refractivity contribution in [3.63, 3.8) is 0 Å². The summed E-state index contributed by atoms with van der Waals surface area (Å²) >= 11 is 0. The summed E-state index contributed by atoms with van der Waals surface area (Å²) in [6.07, 6.45) is 3.55. The molecule has 0 aromatic heterocycles. The lowest BCUT2D eigenvalue weighted by Crippen LogP contribution is -2.32. The van der Waals surface area contributed by atoms with Crippen LogP contribution in [0.3, 0.4) is 0 Å². The van der Waals surface area contributed by atoms with Gasteiger partial charge in [-0.05, 0) is 26.2 Å². The van der Waals surface area contributed by atoms with Crippen LogP contribution in [0.2, 0.25) is 0 Å². The van der Waals surface area contributed by atoms with E-state index in [1.165, 1.54) is 11.9 Å². The van der Waals surface area contributed by atoms with Gasteiger partial charge in [0.1, 0.15) is 6.54 Å². The smallest absolute Gasteiger partial charge is 0.323 e. The summed E-state index contributed by atoms with van der Waals surface area (Å²) in [7, 11) is 1.51. The SMILES string of the molecule is CC1CCC(CCC(=O)N(C)CC(=O)O)O1. The average molecular weight is 229 g/mol. The molecular formula is C11H19NO4. The third-order valence-electron chi connectivity index (χ3n) is 2.80. The second-order valence-electron chi connectivity index (χ2n) is 4.33. The van der Waals surface area contributed by atoms with Crippen LogP contribution >= 0.6 is 0 Å². The maximum Gasteiger partial charge on any atom is 0.323 e. The molecule has 16 heavy (non-hydrogen) atoms. The quantitative estimate of drug-likeness (QED) is 0.759. The van der Waals surface area contributed by atoms with Gasteiger partial charge in [0.25, 0.3) is 0 Å². The molecule has 1 heterocycles. The van der Waals surface area contributed by atoms with E-state index in [0.717, 1.165) is 12.8 Å². The Balaban J connectivity index is 2.21. The number of carbonyl (C=O) groups is 2. The van der Waals surface area contributed by atoms with E-state index < -0.39 is 5.97 Å². The zero-order valence-corrected chi connectivity index (χ0v) is 9.81. The Labute approximate surface area is 95.4 Å². The highest BCUT2D eigenvalue weighted by Gasteiger charge is 2.23. The minimum Gasteiger partial charge on any atom is -0.480 e. The first-order valence-electron chi connectivity index (χ1n) is 5.60. The van der Waals surface area contributed by atoms with Crippen molar-refractivity contribution in [3.8, 4) is 0 Å². The second-order valence-corrected chi connectivity index (χ2v) is 4.33. The van der Waals surface area contributed by atoms with Gasteiger partial charge in [0, 0.05) is 13.5 Å². The molecule has 2 atom stereocenters. The molecule has 1 fully saturated rings. The van der Waals surface area contributed by atoms with Crippen LogP contribution in [0.1, 0.15) is 32.6 Å². The highest BCUT2D eigenvalue weighted by atomic mass is 16.5. The van der Waals surface area contributed by atoms with Crippen molar-refractivity contribution in [3.05, 3.63) is 0 Å². The van der Waals surface area contributed by atoms with Crippen LogP contribution in [0.25, 0.3) is 0 Å². The van der Waals surface area contributed by atoms with Crippen LogP contribution in [-0.4, -0.2) is 47.7 Å². The molecule has 1 N–H and O–H groups in total. The van der Waals surface area contributed by atoms with E-state index in [2.05, 4.69) is 0 Å². The van der Waals surface area contributed by atoms with E-state index in [1.807, 2.05) is 6.92 Å². The predicted octanol–water partition coefficient (Wildman–Crippen LogP) is 0.877. The Hall–Kier alpha value is -1.10. The van der Waals surface area contributed by atoms with Crippen molar-refractivity contribution in [1.82, 2.24) is 4.90 Å². The van der Waals surface area contributed by atoms with Gasteiger partial charge in [0.05, 0.1) is 12.2 Å². The van der Waals surface area contributed by atoms with Gasteiger partial charge in [0.15, 0.2) is 0 Å². The van der Waals surface area contributed by atoms with E-state index in [4.69, 9.17) is 9.84 Å². The number of amides is 1. The number of carboxylic acids is 1. The van der Waals surface area contributed by atoms with Crippen LogP contribution in [0.15, 0.2) is 0 Å². The fourth-order valence-corrected chi connectivity index (χ4v) is 1.86. The first kappa shape index (κ1) is 13.0. The molecule has 1 amide bonds. The second kappa shape index (κ2) is 5.84. The number of nitrogens with zero attached hydrogens (tertiary/aromatic N) is 1. The Kier molecular flexibility index (Phi) is 4.73. The molecule has 0 bridgehead atoms. The molecule has 1 rings (SSSR count). The first-order chi connectivity index (χ1) is 7.49. The summed E-state index contributed by atoms with van der Waals surface area (Å²) in [5.74, 6) is -1.12. The van der Waals surface area contributed by atoms with Gasteiger partial charge in [0.2, 0.25) is 5.91 Å². The Bertz CT molecular complexity index is 267. The van der Waals surface area contributed by atoms with Gasteiger partial charge >= 0.3 is 5.97 Å². The molecule has 0 radical (unpaired) electrons. The number of ether oxygens (including phenoxy) is 1.